The number of halogens is 1. The quantitative estimate of drug-likeness (QED) is 0.908. The molecule has 0 aliphatic carbocycles. The van der Waals surface area contributed by atoms with Gasteiger partial charge in [-0.1, -0.05) is 22.0 Å². The van der Waals surface area contributed by atoms with Gasteiger partial charge in [-0.15, -0.1) is 0 Å². The van der Waals surface area contributed by atoms with Gasteiger partial charge >= 0.3 is 0 Å². The Kier molecular flexibility index (Phi) is 4.34. The van der Waals surface area contributed by atoms with Crippen LogP contribution in [0.3, 0.4) is 0 Å². The third-order valence-corrected chi connectivity index (χ3v) is 4.69. The number of carbonyl (C=O) groups excluding carboxylic acids is 1. The monoisotopic (exact) mass is 315 g/mol. The average molecular weight is 316 g/mol. The number of rotatable bonds is 2. The summed E-state index contributed by atoms with van der Waals surface area (Å²) in [6, 6.07) is 7.49. The maximum absolute atomic E-state index is 11.9. The molecular weight excluding hydrogens is 302 g/mol. The summed E-state index contributed by atoms with van der Waals surface area (Å²) < 4.78 is 12.1. The summed E-state index contributed by atoms with van der Waals surface area (Å²) in [7, 11) is -0.683. The van der Waals surface area contributed by atoms with E-state index in [4.69, 9.17) is 0 Å². The standard InChI is InChI=1S/C12H14BrNO2S/c13-10-3-1-2-9(8-10)12(15)14-11-4-6-17(16)7-5-11/h1-3,8,11H,4-7H2,(H,14,15). The van der Waals surface area contributed by atoms with Gasteiger partial charge in [0, 0.05) is 38.4 Å². The molecule has 0 bridgehead atoms. The summed E-state index contributed by atoms with van der Waals surface area (Å²) in [5, 5.41) is 2.99. The van der Waals surface area contributed by atoms with E-state index in [0.29, 0.717) is 17.1 Å². The maximum Gasteiger partial charge on any atom is 0.251 e. The second-order valence-corrected chi connectivity index (χ2v) is 6.72. The predicted molar refractivity (Wildman–Crippen MR) is 72.5 cm³/mol. The van der Waals surface area contributed by atoms with Crippen LogP contribution in [-0.2, 0) is 10.8 Å². The van der Waals surface area contributed by atoms with Crippen molar-refractivity contribution in [3.8, 4) is 0 Å². The van der Waals surface area contributed by atoms with Gasteiger partial charge in [-0.2, -0.15) is 0 Å². The van der Waals surface area contributed by atoms with E-state index in [-0.39, 0.29) is 11.9 Å². The molecule has 1 heterocycles. The number of hydrogen-bond donors (Lipinski definition) is 1. The molecule has 3 nitrogen and oxygen atoms in total. The minimum absolute atomic E-state index is 0.0519. The fourth-order valence-corrected chi connectivity index (χ4v) is 3.53. The van der Waals surface area contributed by atoms with Crippen molar-refractivity contribution in [3.63, 3.8) is 0 Å². The molecule has 1 amide bonds. The highest BCUT2D eigenvalue weighted by Gasteiger charge is 2.19. The van der Waals surface area contributed by atoms with Crippen LogP contribution in [0.1, 0.15) is 23.2 Å². The van der Waals surface area contributed by atoms with Gasteiger partial charge in [0.2, 0.25) is 0 Å². The Morgan fingerprint density at radius 3 is 2.71 bits per heavy atom. The van der Waals surface area contributed by atoms with Crippen LogP contribution in [0.4, 0.5) is 0 Å². The topological polar surface area (TPSA) is 46.2 Å². The SMILES string of the molecule is O=C(NC1CCS(=O)CC1)c1cccc(Br)c1. The number of nitrogens with one attached hydrogen (secondary N) is 1. The van der Waals surface area contributed by atoms with E-state index in [0.717, 1.165) is 17.3 Å². The summed E-state index contributed by atoms with van der Waals surface area (Å²) >= 11 is 3.34. The second kappa shape index (κ2) is 5.78. The lowest BCUT2D eigenvalue weighted by molar-refractivity contribution is 0.0934. The normalized spacial score (nSPS) is 24.3. The van der Waals surface area contributed by atoms with Gasteiger partial charge in [0.05, 0.1) is 0 Å². The first-order valence-corrected chi connectivity index (χ1v) is 7.84. The third-order valence-electron chi connectivity index (χ3n) is 2.81. The van der Waals surface area contributed by atoms with Gasteiger partial charge in [0.25, 0.3) is 5.91 Å². The zero-order valence-electron chi connectivity index (χ0n) is 9.32. The molecule has 92 valence electrons. The van der Waals surface area contributed by atoms with Crippen molar-refractivity contribution in [2.24, 2.45) is 0 Å². The number of benzene rings is 1. The smallest absolute Gasteiger partial charge is 0.251 e. The fraction of sp³-hybridized carbons (Fsp3) is 0.417. The minimum atomic E-state index is -0.683. The van der Waals surface area contributed by atoms with E-state index in [9.17, 15) is 9.00 Å². The van der Waals surface area contributed by atoms with Crippen molar-refractivity contribution in [1.82, 2.24) is 5.32 Å². The zero-order chi connectivity index (χ0) is 12.3. The average Bonchev–Trinajstić information content (AvgIpc) is 2.32. The van der Waals surface area contributed by atoms with Gasteiger partial charge in [0.15, 0.2) is 0 Å². The molecule has 5 heteroatoms. The fourth-order valence-electron chi connectivity index (χ4n) is 1.84. The lowest BCUT2D eigenvalue weighted by atomic mass is 10.1. The first-order chi connectivity index (χ1) is 8.15. The van der Waals surface area contributed by atoms with Crippen LogP contribution in [-0.4, -0.2) is 27.7 Å². The largest absolute Gasteiger partial charge is 0.349 e. The Morgan fingerprint density at radius 1 is 1.35 bits per heavy atom. The highest BCUT2D eigenvalue weighted by atomic mass is 79.9. The third kappa shape index (κ3) is 3.64. The predicted octanol–water partition coefficient (Wildman–Crippen LogP) is 2.09. The highest BCUT2D eigenvalue weighted by Crippen LogP contribution is 2.13. The molecule has 0 aromatic heterocycles. The van der Waals surface area contributed by atoms with Crippen molar-refractivity contribution in [3.05, 3.63) is 34.3 Å². The molecular formula is C12H14BrNO2S. The molecule has 0 saturated carbocycles. The maximum atomic E-state index is 11.9. The van der Waals surface area contributed by atoms with E-state index in [1.54, 1.807) is 12.1 Å². The van der Waals surface area contributed by atoms with Crippen LogP contribution in [0.25, 0.3) is 0 Å². The molecule has 0 atom stereocenters. The first kappa shape index (κ1) is 12.8. The lowest BCUT2D eigenvalue weighted by Gasteiger charge is -2.22. The van der Waals surface area contributed by atoms with Gasteiger partial charge in [-0.25, -0.2) is 0 Å². The van der Waals surface area contributed by atoms with E-state index < -0.39 is 10.8 Å². The van der Waals surface area contributed by atoms with Gasteiger partial charge in [-0.3, -0.25) is 9.00 Å². The van der Waals surface area contributed by atoms with Crippen molar-refractivity contribution in [2.45, 2.75) is 18.9 Å². The summed E-state index contributed by atoms with van der Waals surface area (Å²) in [5.74, 6) is 1.34. The Balaban J connectivity index is 1.95. The molecule has 1 aliphatic rings. The van der Waals surface area contributed by atoms with Crippen LogP contribution in [0, 0.1) is 0 Å². The number of hydrogen-bond acceptors (Lipinski definition) is 2. The van der Waals surface area contributed by atoms with Crippen LogP contribution < -0.4 is 5.32 Å². The van der Waals surface area contributed by atoms with Crippen LogP contribution >= 0.6 is 15.9 Å². The molecule has 2 rings (SSSR count). The van der Waals surface area contributed by atoms with Crippen molar-refractivity contribution >= 4 is 32.6 Å². The van der Waals surface area contributed by atoms with Crippen LogP contribution in [0.5, 0.6) is 0 Å². The van der Waals surface area contributed by atoms with Crippen molar-refractivity contribution in [1.29, 1.82) is 0 Å². The molecule has 1 aromatic carbocycles. The lowest BCUT2D eigenvalue weighted by Crippen LogP contribution is -2.39. The Morgan fingerprint density at radius 2 is 2.06 bits per heavy atom. The zero-order valence-corrected chi connectivity index (χ0v) is 11.7. The van der Waals surface area contributed by atoms with Crippen LogP contribution in [0.2, 0.25) is 0 Å². The summed E-state index contributed by atoms with van der Waals surface area (Å²) in [6.45, 7) is 0. The van der Waals surface area contributed by atoms with E-state index in [2.05, 4.69) is 21.2 Å². The van der Waals surface area contributed by atoms with Crippen LogP contribution in [0.15, 0.2) is 28.7 Å². The van der Waals surface area contributed by atoms with E-state index in [1.165, 1.54) is 0 Å². The Labute approximate surface area is 112 Å². The van der Waals surface area contributed by atoms with Gasteiger partial charge in [-0.05, 0) is 31.0 Å². The molecule has 0 unspecified atom stereocenters. The van der Waals surface area contributed by atoms with E-state index >= 15 is 0 Å². The van der Waals surface area contributed by atoms with Crippen molar-refractivity contribution in [2.75, 3.05) is 11.5 Å². The number of carbonyl (C=O) groups is 1. The molecule has 1 N–H and O–H groups in total. The highest BCUT2D eigenvalue weighted by molar-refractivity contribution is 9.10. The van der Waals surface area contributed by atoms with Gasteiger partial charge < -0.3 is 5.32 Å². The van der Waals surface area contributed by atoms with Crippen molar-refractivity contribution < 1.29 is 9.00 Å². The molecule has 17 heavy (non-hydrogen) atoms. The molecule has 1 fully saturated rings. The Bertz CT molecular complexity index is 440. The first-order valence-electron chi connectivity index (χ1n) is 5.56. The molecule has 0 radical (unpaired) electrons. The summed E-state index contributed by atoms with van der Waals surface area (Å²) in [5.41, 5.74) is 0.658. The number of amides is 1. The minimum Gasteiger partial charge on any atom is -0.349 e. The molecule has 0 spiro atoms. The molecule has 1 aliphatic heterocycles. The van der Waals surface area contributed by atoms with E-state index in [1.807, 2.05) is 12.1 Å². The Hall–Kier alpha value is -0.680. The van der Waals surface area contributed by atoms with Gasteiger partial charge in [0.1, 0.15) is 0 Å². The summed E-state index contributed by atoms with van der Waals surface area (Å²) in [4.78, 5) is 11.9. The molecule has 1 saturated heterocycles. The summed E-state index contributed by atoms with van der Waals surface area (Å²) in [6.07, 6.45) is 1.62. The molecule has 1 aromatic rings. The second-order valence-electron chi connectivity index (χ2n) is 4.11.